The Labute approximate surface area is 165 Å². The molecule has 0 fully saturated rings. The summed E-state index contributed by atoms with van der Waals surface area (Å²) in [4.78, 5) is 23.8. The van der Waals surface area contributed by atoms with Crippen molar-refractivity contribution >= 4 is 27.6 Å². The van der Waals surface area contributed by atoms with E-state index in [0.29, 0.717) is 5.69 Å². The van der Waals surface area contributed by atoms with Gasteiger partial charge in [-0.2, -0.15) is 0 Å². The molecular formula is C20H24N2O5S. The number of carbonyl (C=O) groups is 2. The van der Waals surface area contributed by atoms with E-state index in [0.717, 1.165) is 16.7 Å². The molecule has 0 aromatic heterocycles. The Morgan fingerprint density at radius 2 is 1.68 bits per heavy atom. The number of ether oxygens (including phenoxy) is 1. The second-order valence-corrected chi connectivity index (χ2v) is 8.18. The summed E-state index contributed by atoms with van der Waals surface area (Å²) in [5.74, 6) is -1.12. The summed E-state index contributed by atoms with van der Waals surface area (Å²) in [6.07, 6.45) is -0.179. The number of benzene rings is 2. The van der Waals surface area contributed by atoms with Gasteiger partial charge in [0.15, 0.2) is 6.61 Å². The van der Waals surface area contributed by atoms with Crippen molar-refractivity contribution < 1.29 is 22.7 Å². The van der Waals surface area contributed by atoms with Gasteiger partial charge >= 0.3 is 5.97 Å². The number of sulfonamides is 1. The maximum absolute atomic E-state index is 12.1. The molecule has 7 nitrogen and oxygen atoms in total. The minimum Gasteiger partial charge on any atom is -0.456 e. The van der Waals surface area contributed by atoms with E-state index < -0.39 is 28.5 Å². The van der Waals surface area contributed by atoms with E-state index >= 15 is 0 Å². The van der Waals surface area contributed by atoms with E-state index in [1.54, 1.807) is 18.2 Å². The summed E-state index contributed by atoms with van der Waals surface area (Å²) in [6.45, 7) is 5.13. The van der Waals surface area contributed by atoms with Gasteiger partial charge in [-0.05, 0) is 50.1 Å². The normalized spacial score (nSPS) is 11.1. The molecule has 0 heterocycles. The lowest BCUT2D eigenvalue weighted by Crippen LogP contribution is -2.28. The van der Waals surface area contributed by atoms with E-state index in [9.17, 15) is 18.0 Å². The second-order valence-electron chi connectivity index (χ2n) is 6.42. The van der Waals surface area contributed by atoms with Crippen molar-refractivity contribution in [2.24, 2.45) is 0 Å². The minimum absolute atomic E-state index is 0.117. The van der Waals surface area contributed by atoms with Crippen LogP contribution >= 0.6 is 0 Å². The van der Waals surface area contributed by atoms with Crippen LogP contribution in [-0.4, -0.2) is 33.4 Å². The Balaban J connectivity index is 1.76. The van der Waals surface area contributed by atoms with Crippen molar-refractivity contribution in [3.8, 4) is 0 Å². The summed E-state index contributed by atoms with van der Waals surface area (Å²) in [5.41, 5.74) is 3.58. The molecular weight excluding hydrogens is 380 g/mol. The molecule has 2 rings (SSSR count). The summed E-state index contributed by atoms with van der Waals surface area (Å²) in [7, 11) is -3.69. The summed E-state index contributed by atoms with van der Waals surface area (Å²) in [5, 5.41) is 2.69. The van der Waals surface area contributed by atoms with Crippen LogP contribution in [0.15, 0.2) is 47.4 Å². The van der Waals surface area contributed by atoms with Gasteiger partial charge in [0.2, 0.25) is 10.0 Å². The number of hydrogen-bond donors (Lipinski definition) is 2. The lowest BCUT2D eigenvalue weighted by atomic mass is 10.1. The van der Waals surface area contributed by atoms with Crippen LogP contribution < -0.4 is 10.0 Å². The number of anilines is 1. The van der Waals surface area contributed by atoms with Crippen LogP contribution in [0.1, 0.15) is 23.1 Å². The molecule has 8 heteroatoms. The predicted octanol–water partition coefficient (Wildman–Crippen LogP) is 2.46. The van der Waals surface area contributed by atoms with Gasteiger partial charge in [0.1, 0.15) is 0 Å². The van der Waals surface area contributed by atoms with Crippen molar-refractivity contribution in [1.29, 1.82) is 0 Å². The molecule has 2 N–H and O–H groups in total. The van der Waals surface area contributed by atoms with Crippen LogP contribution in [0.3, 0.4) is 0 Å². The molecule has 0 radical (unpaired) electrons. The van der Waals surface area contributed by atoms with Gasteiger partial charge in [0.05, 0.1) is 11.3 Å². The van der Waals surface area contributed by atoms with Crippen LogP contribution in [0.2, 0.25) is 0 Å². The smallest absolute Gasteiger partial charge is 0.307 e. The number of aryl methyl sites for hydroxylation is 2. The van der Waals surface area contributed by atoms with E-state index in [2.05, 4.69) is 10.0 Å². The summed E-state index contributed by atoms with van der Waals surface area (Å²) >= 11 is 0. The number of rotatable bonds is 8. The maximum Gasteiger partial charge on any atom is 0.307 e. The fourth-order valence-corrected chi connectivity index (χ4v) is 3.41. The number of carbonyl (C=O) groups excluding carboxylic acids is 2. The fraction of sp³-hybridized carbons (Fsp3) is 0.300. The number of esters is 1. The first-order chi connectivity index (χ1) is 13.2. The maximum atomic E-state index is 12.1. The van der Waals surface area contributed by atoms with Crippen LogP contribution in [-0.2, 0) is 24.3 Å². The highest BCUT2D eigenvalue weighted by Crippen LogP contribution is 2.17. The highest BCUT2D eigenvalue weighted by molar-refractivity contribution is 7.89. The molecule has 0 aliphatic heterocycles. The quantitative estimate of drug-likeness (QED) is 0.658. The number of nitrogens with one attached hydrogen (secondary N) is 2. The molecule has 2 aromatic rings. The van der Waals surface area contributed by atoms with E-state index in [1.807, 2.05) is 32.9 Å². The Morgan fingerprint density at radius 3 is 2.36 bits per heavy atom. The van der Waals surface area contributed by atoms with Gasteiger partial charge in [0.25, 0.3) is 5.91 Å². The molecule has 0 aliphatic rings. The molecule has 0 atom stereocenters. The molecule has 0 unspecified atom stereocenters. The second kappa shape index (κ2) is 9.48. The third kappa shape index (κ3) is 6.17. The average molecular weight is 404 g/mol. The molecule has 150 valence electrons. The molecule has 2 aromatic carbocycles. The van der Waals surface area contributed by atoms with Gasteiger partial charge in [0, 0.05) is 12.2 Å². The first kappa shape index (κ1) is 21.6. The predicted molar refractivity (Wildman–Crippen MR) is 106 cm³/mol. The van der Waals surface area contributed by atoms with Crippen LogP contribution in [0.5, 0.6) is 0 Å². The van der Waals surface area contributed by atoms with E-state index in [1.165, 1.54) is 12.1 Å². The highest BCUT2D eigenvalue weighted by Gasteiger charge is 2.15. The Kier molecular flexibility index (Phi) is 7.31. The third-order valence-electron chi connectivity index (χ3n) is 4.20. The standard InChI is InChI=1S/C20H24N2O5S/c1-14-7-9-17(10-8-14)28(25,26)21-12-11-20(24)27-13-19(23)22-18-6-4-5-15(2)16(18)3/h4-10,21H,11-13H2,1-3H3,(H,22,23). The lowest BCUT2D eigenvalue weighted by molar-refractivity contribution is -0.147. The molecule has 0 bridgehead atoms. The first-order valence-electron chi connectivity index (χ1n) is 8.77. The topological polar surface area (TPSA) is 102 Å². The number of amides is 1. The van der Waals surface area contributed by atoms with Crippen molar-refractivity contribution in [2.75, 3.05) is 18.5 Å². The fourth-order valence-electron chi connectivity index (χ4n) is 2.38. The van der Waals surface area contributed by atoms with Gasteiger partial charge in [-0.1, -0.05) is 29.8 Å². The summed E-state index contributed by atoms with van der Waals surface area (Å²) < 4.78 is 31.5. The third-order valence-corrected chi connectivity index (χ3v) is 5.67. The SMILES string of the molecule is Cc1ccc(S(=O)(=O)NCCC(=O)OCC(=O)Nc2cccc(C)c2C)cc1. The van der Waals surface area contributed by atoms with E-state index in [-0.39, 0.29) is 17.9 Å². The van der Waals surface area contributed by atoms with Crippen molar-refractivity contribution in [3.63, 3.8) is 0 Å². The Bertz CT molecular complexity index is 953. The highest BCUT2D eigenvalue weighted by atomic mass is 32.2. The minimum atomic E-state index is -3.69. The zero-order chi connectivity index (χ0) is 20.7. The van der Waals surface area contributed by atoms with Gasteiger partial charge < -0.3 is 10.1 Å². The molecule has 0 spiro atoms. The van der Waals surface area contributed by atoms with Crippen molar-refractivity contribution in [3.05, 3.63) is 59.2 Å². The molecule has 28 heavy (non-hydrogen) atoms. The molecule has 0 saturated carbocycles. The zero-order valence-electron chi connectivity index (χ0n) is 16.1. The van der Waals surface area contributed by atoms with Crippen LogP contribution in [0.25, 0.3) is 0 Å². The zero-order valence-corrected chi connectivity index (χ0v) is 16.9. The monoisotopic (exact) mass is 404 g/mol. The first-order valence-corrected chi connectivity index (χ1v) is 10.3. The molecule has 1 amide bonds. The Hall–Kier alpha value is -2.71. The Morgan fingerprint density at radius 1 is 1.00 bits per heavy atom. The lowest BCUT2D eigenvalue weighted by Gasteiger charge is -2.11. The average Bonchev–Trinajstić information content (AvgIpc) is 2.64. The van der Waals surface area contributed by atoms with Crippen LogP contribution in [0, 0.1) is 20.8 Å². The van der Waals surface area contributed by atoms with Gasteiger partial charge in [-0.3, -0.25) is 9.59 Å². The summed E-state index contributed by atoms with van der Waals surface area (Å²) in [6, 6.07) is 11.9. The molecule has 0 saturated heterocycles. The van der Waals surface area contributed by atoms with Gasteiger partial charge in [-0.15, -0.1) is 0 Å². The van der Waals surface area contributed by atoms with Gasteiger partial charge in [-0.25, -0.2) is 13.1 Å². The number of hydrogen-bond acceptors (Lipinski definition) is 5. The largest absolute Gasteiger partial charge is 0.456 e. The van der Waals surface area contributed by atoms with Crippen molar-refractivity contribution in [1.82, 2.24) is 4.72 Å². The van der Waals surface area contributed by atoms with Crippen molar-refractivity contribution in [2.45, 2.75) is 32.1 Å². The molecule has 0 aliphatic carbocycles. The van der Waals surface area contributed by atoms with E-state index in [4.69, 9.17) is 4.74 Å². The van der Waals surface area contributed by atoms with Crippen LogP contribution in [0.4, 0.5) is 5.69 Å².